The standard InChI is InChI=1S/C23H35NO2Si/c1-6-23(26-27(3,4)5)14-12-21-20-9-7-16-15-17(24-25)8-10-18(16)19(20)11-13-22(21,23)2/h1,15,18-21,25H,7-14H2,2-5H3/b24-17-/t18-,19+,20+,21-,22-,23+/m0/s1. The number of terminal acetylenes is 1. The summed E-state index contributed by atoms with van der Waals surface area (Å²) in [6.45, 7) is 9.26. The number of oxime groups is 1. The highest BCUT2D eigenvalue weighted by Crippen LogP contribution is 2.66. The lowest BCUT2D eigenvalue weighted by Crippen LogP contribution is -2.56. The Bertz CT molecular complexity index is 715. The van der Waals surface area contributed by atoms with Crippen LogP contribution in [-0.4, -0.2) is 24.8 Å². The summed E-state index contributed by atoms with van der Waals surface area (Å²) < 4.78 is 6.77. The third-order valence-electron chi connectivity index (χ3n) is 8.28. The minimum absolute atomic E-state index is 0.122. The fraction of sp³-hybridized carbons (Fsp3) is 0.783. The van der Waals surface area contributed by atoms with E-state index in [1.54, 1.807) is 5.57 Å². The third-order valence-corrected chi connectivity index (χ3v) is 9.24. The van der Waals surface area contributed by atoms with E-state index >= 15 is 0 Å². The van der Waals surface area contributed by atoms with Crippen LogP contribution in [0.15, 0.2) is 16.8 Å². The van der Waals surface area contributed by atoms with Gasteiger partial charge in [0.25, 0.3) is 0 Å². The minimum atomic E-state index is -1.71. The lowest BCUT2D eigenvalue weighted by atomic mass is 9.50. The maximum absolute atomic E-state index is 9.16. The Labute approximate surface area is 165 Å². The van der Waals surface area contributed by atoms with Gasteiger partial charge in [0, 0.05) is 5.41 Å². The monoisotopic (exact) mass is 385 g/mol. The van der Waals surface area contributed by atoms with E-state index in [4.69, 9.17) is 16.1 Å². The Balaban J connectivity index is 1.62. The molecule has 0 unspecified atom stereocenters. The molecule has 27 heavy (non-hydrogen) atoms. The quantitative estimate of drug-likeness (QED) is 0.290. The molecule has 3 nitrogen and oxygen atoms in total. The molecule has 4 rings (SSSR count). The number of rotatable bonds is 2. The van der Waals surface area contributed by atoms with Crippen molar-refractivity contribution in [3.05, 3.63) is 11.6 Å². The molecule has 6 atom stereocenters. The normalized spacial score (nSPS) is 45.4. The molecule has 4 aliphatic rings. The molecule has 0 spiro atoms. The first-order valence-corrected chi connectivity index (χ1v) is 14.2. The Kier molecular flexibility index (Phi) is 4.63. The minimum Gasteiger partial charge on any atom is -0.411 e. The first-order valence-electron chi connectivity index (χ1n) is 10.8. The molecule has 0 radical (unpaired) electrons. The van der Waals surface area contributed by atoms with Gasteiger partial charge in [0.15, 0.2) is 8.32 Å². The highest BCUT2D eigenvalue weighted by atomic mass is 28.4. The molecule has 3 fully saturated rings. The molecule has 0 amide bonds. The molecular weight excluding hydrogens is 350 g/mol. The van der Waals surface area contributed by atoms with E-state index in [1.807, 2.05) is 0 Å². The van der Waals surface area contributed by atoms with Crippen LogP contribution in [0.3, 0.4) is 0 Å². The van der Waals surface area contributed by atoms with E-state index in [-0.39, 0.29) is 11.0 Å². The van der Waals surface area contributed by atoms with E-state index in [9.17, 15) is 0 Å². The molecule has 0 aliphatic heterocycles. The van der Waals surface area contributed by atoms with Crippen LogP contribution >= 0.6 is 0 Å². The molecule has 4 heteroatoms. The Morgan fingerprint density at radius 2 is 1.93 bits per heavy atom. The van der Waals surface area contributed by atoms with Crippen LogP contribution in [-0.2, 0) is 4.43 Å². The van der Waals surface area contributed by atoms with Gasteiger partial charge in [-0.15, -0.1) is 6.42 Å². The average Bonchev–Trinajstić information content (AvgIpc) is 2.92. The maximum Gasteiger partial charge on any atom is 0.185 e. The van der Waals surface area contributed by atoms with E-state index in [1.165, 1.54) is 25.7 Å². The second-order valence-corrected chi connectivity index (χ2v) is 15.0. The predicted octanol–water partition coefficient (Wildman–Crippen LogP) is 5.61. The summed E-state index contributed by atoms with van der Waals surface area (Å²) in [6.07, 6.45) is 17.6. The summed E-state index contributed by atoms with van der Waals surface area (Å²) in [5, 5.41) is 12.6. The van der Waals surface area contributed by atoms with Gasteiger partial charge >= 0.3 is 0 Å². The van der Waals surface area contributed by atoms with E-state index < -0.39 is 8.32 Å². The zero-order chi connectivity index (χ0) is 19.4. The summed E-state index contributed by atoms with van der Waals surface area (Å²) in [5.41, 5.74) is 2.18. The van der Waals surface area contributed by atoms with Crippen molar-refractivity contribution in [1.29, 1.82) is 0 Å². The van der Waals surface area contributed by atoms with Crippen LogP contribution in [0.1, 0.15) is 58.3 Å². The lowest BCUT2D eigenvalue weighted by molar-refractivity contribution is -0.0765. The predicted molar refractivity (Wildman–Crippen MR) is 112 cm³/mol. The Morgan fingerprint density at radius 3 is 2.59 bits per heavy atom. The second kappa shape index (κ2) is 6.49. The van der Waals surface area contributed by atoms with Gasteiger partial charge in [0.1, 0.15) is 5.60 Å². The van der Waals surface area contributed by atoms with Gasteiger partial charge in [-0.1, -0.05) is 23.6 Å². The summed E-state index contributed by atoms with van der Waals surface area (Å²) in [6, 6.07) is 0. The zero-order valence-corrected chi connectivity index (χ0v) is 18.4. The van der Waals surface area contributed by atoms with Gasteiger partial charge in [-0.25, -0.2) is 0 Å². The van der Waals surface area contributed by atoms with Crippen molar-refractivity contribution < 1.29 is 9.63 Å². The average molecular weight is 386 g/mol. The van der Waals surface area contributed by atoms with Gasteiger partial charge in [-0.2, -0.15) is 0 Å². The van der Waals surface area contributed by atoms with Gasteiger partial charge in [0.05, 0.1) is 5.71 Å². The number of nitrogens with zero attached hydrogens (tertiary/aromatic N) is 1. The molecule has 0 bridgehead atoms. The highest BCUT2D eigenvalue weighted by molar-refractivity contribution is 6.69. The molecule has 0 aromatic heterocycles. The van der Waals surface area contributed by atoms with Crippen LogP contribution in [0.5, 0.6) is 0 Å². The van der Waals surface area contributed by atoms with Gasteiger partial charge < -0.3 is 9.63 Å². The molecule has 0 saturated heterocycles. The molecule has 1 N–H and O–H groups in total. The van der Waals surface area contributed by atoms with Crippen LogP contribution in [0.4, 0.5) is 0 Å². The summed E-state index contributed by atoms with van der Waals surface area (Å²) in [7, 11) is -1.71. The van der Waals surface area contributed by atoms with Crippen LogP contribution in [0.2, 0.25) is 19.6 Å². The van der Waals surface area contributed by atoms with Crippen molar-refractivity contribution in [3.63, 3.8) is 0 Å². The topological polar surface area (TPSA) is 41.8 Å². The van der Waals surface area contributed by atoms with Gasteiger partial charge in [-0.05, 0) is 101 Å². The summed E-state index contributed by atoms with van der Waals surface area (Å²) >= 11 is 0. The first-order chi connectivity index (χ1) is 12.7. The first kappa shape index (κ1) is 19.3. The molecule has 0 aromatic carbocycles. The van der Waals surface area contributed by atoms with Crippen LogP contribution in [0, 0.1) is 41.4 Å². The van der Waals surface area contributed by atoms with Crippen molar-refractivity contribution >= 4 is 14.0 Å². The van der Waals surface area contributed by atoms with E-state index in [2.05, 4.69) is 43.7 Å². The second-order valence-electron chi connectivity index (χ2n) is 10.6. The van der Waals surface area contributed by atoms with Gasteiger partial charge in [0.2, 0.25) is 0 Å². The Hall–Kier alpha value is -1.05. The molecule has 148 valence electrons. The van der Waals surface area contributed by atoms with Gasteiger partial charge in [-0.3, -0.25) is 0 Å². The number of hydrogen-bond acceptors (Lipinski definition) is 3. The summed E-state index contributed by atoms with van der Waals surface area (Å²) in [4.78, 5) is 0. The molecule has 4 aliphatic carbocycles. The number of hydrogen-bond donors (Lipinski definition) is 1. The maximum atomic E-state index is 9.16. The lowest BCUT2D eigenvalue weighted by Gasteiger charge is -2.56. The fourth-order valence-electron chi connectivity index (χ4n) is 7.23. The summed E-state index contributed by atoms with van der Waals surface area (Å²) in [5.74, 6) is 6.14. The molecular formula is C23H35NO2Si. The van der Waals surface area contributed by atoms with Crippen molar-refractivity contribution in [2.45, 2.75) is 83.5 Å². The number of allylic oxidation sites excluding steroid dienone is 2. The van der Waals surface area contributed by atoms with E-state index in [0.29, 0.717) is 11.8 Å². The number of fused-ring (bicyclic) bond motifs is 5. The van der Waals surface area contributed by atoms with Crippen LogP contribution < -0.4 is 0 Å². The Morgan fingerprint density at radius 1 is 1.15 bits per heavy atom. The molecule has 3 saturated carbocycles. The zero-order valence-electron chi connectivity index (χ0n) is 17.4. The van der Waals surface area contributed by atoms with Crippen molar-refractivity contribution in [2.24, 2.45) is 34.2 Å². The largest absolute Gasteiger partial charge is 0.411 e. The van der Waals surface area contributed by atoms with Crippen molar-refractivity contribution in [1.82, 2.24) is 0 Å². The molecule has 0 aromatic rings. The smallest absolute Gasteiger partial charge is 0.185 e. The van der Waals surface area contributed by atoms with Crippen molar-refractivity contribution in [2.75, 3.05) is 0 Å². The SMILES string of the molecule is C#C[C@@]1(O[Si](C)(C)C)CC[C@H]2[C@@H]3CCC4=C/C(=N\O)CC[C@@H]4[C@H]3CC[C@@]21C. The van der Waals surface area contributed by atoms with Crippen LogP contribution in [0.25, 0.3) is 0 Å². The highest BCUT2D eigenvalue weighted by Gasteiger charge is 2.63. The molecule has 0 heterocycles. The third kappa shape index (κ3) is 2.93. The fourth-order valence-corrected chi connectivity index (χ4v) is 8.67. The van der Waals surface area contributed by atoms with Crippen molar-refractivity contribution in [3.8, 4) is 12.3 Å². The van der Waals surface area contributed by atoms with E-state index in [0.717, 1.165) is 43.2 Å².